The number of hydrogen-bond donors (Lipinski definition) is 2. The van der Waals surface area contributed by atoms with Crippen LogP contribution in [0, 0.1) is 0 Å². The zero-order chi connectivity index (χ0) is 16.8. The van der Waals surface area contributed by atoms with E-state index in [4.69, 9.17) is 0 Å². The van der Waals surface area contributed by atoms with Gasteiger partial charge in [0.15, 0.2) is 0 Å². The van der Waals surface area contributed by atoms with Crippen LogP contribution in [0.5, 0.6) is 0 Å². The number of benzene rings is 2. The molecule has 122 valence electrons. The maximum absolute atomic E-state index is 12.3. The summed E-state index contributed by atoms with van der Waals surface area (Å²) in [5.41, 5.74) is 5.33. The number of aryl methyl sites for hydroxylation is 2. The van der Waals surface area contributed by atoms with Gasteiger partial charge in [0.1, 0.15) is 0 Å². The third-order valence-corrected chi connectivity index (χ3v) is 4.07. The zero-order valence-electron chi connectivity index (χ0n) is 14.4. The van der Waals surface area contributed by atoms with Crippen molar-refractivity contribution < 1.29 is 4.79 Å². The predicted molar refractivity (Wildman–Crippen MR) is 98.4 cm³/mol. The molecule has 23 heavy (non-hydrogen) atoms. The molecule has 0 atom stereocenters. The molecule has 2 amide bonds. The summed E-state index contributed by atoms with van der Waals surface area (Å²) >= 11 is 0. The van der Waals surface area contributed by atoms with Gasteiger partial charge in [-0.1, -0.05) is 58.0 Å². The molecule has 2 aromatic carbocycles. The lowest BCUT2D eigenvalue weighted by atomic mass is 10.0. The molecule has 0 heterocycles. The summed E-state index contributed by atoms with van der Waals surface area (Å²) in [6.07, 6.45) is 1.79. The lowest BCUT2D eigenvalue weighted by molar-refractivity contribution is 0.262. The number of urea groups is 1. The van der Waals surface area contributed by atoms with Crippen LogP contribution in [0.2, 0.25) is 0 Å². The van der Waals surface area contributed by atoms with Crippen LogP contribution in [0.1, 0.15) is 50.3 Å². The van der Waals surface area contributed by atoms with Gasteiger partial charge < -0.3 is 10.6 Å². The van der Waals surface area contributed by atoms with Gasteiger partial charge in [-0.2, -0.15) is 0 Å². The second-order valence-electron chi connectivity index (χ2n) is 6.01. The normalized spacial score (nSPS) is 10.7. The fraction of sp³-hybridized carbons (Fsp3) is 0.350. The number of para-hydroxylation sites is 1. The van der Waals surface area contributed by atoms with Crippen molar-refractivity contribution in [3.8, 4) is 0 Å². The van der Waals surface area contributed by atoms with Crippen molar-refractivity contribution in [3.63, 3.8) is 0 Å². The molecule has 3 heteroatoms. The highest BCUT2D eigenvalue weighted by Gasteiger charge is 2.10. The zero-order valence-corrected chi connectivity index (χ0v) is 14.4. The van der Waals surface area contributed by atoms with Gasteiger partial charge in [0.05, 0.1) is 0 Å². The van der Waals surface area contributed by atoms with E-state index in [9.17, 15) is 4.79 Å². The second-order valence-corrected chi connectivity index (χ2v) is 6.01. The van der Waals surface area contributed by atoms with Crippen LogP contribution in [0.3, 0.4) is 0 Å². The Balaban J connectivity index is 2.10. The lowest BCUT2D eigenvalue weighted by Crippen LogP contribution is -2.21. The third-order valence-electron chi connectivity index (χ3n) is 4.07. The summed E-state index contributed by atoms with van der Waals surface area (Å²) in [4.78, 5) is 12.3. The first-order valence-electron chi connectivity index (χ1n) is 8.33. The number of rotatable bonds is 5. The molecule has 2 N–H and O–H groups in total. The van der Waals surface area contributed by atoms with Gasteiger partial charge in [0.2, 0.25) is 0 Å². The van der Waals surface area contributed by atoms with Gasteiger partial charge in [0, 0.05) is 11.4 Å². The SMILES string of the molecule is CCc1cccc(CC)c1NC(=O)Nc1ccc(C(C)C)cc1. The molecule has 0 unspecified atom stereocenters. The Morgan fingerprint density at radius 1 is 0.913 bits per heavy atom. The molecule has 0 saturated carbocycles. The molecule has 3 nitrogen and oxygen atoms in total. The van der Waals surface area contributed by atoms with Crippen LogP contribution in [0.25, 0.3) is 0 Å². The monoisotopic (exact) mass is 310 g/mol. The molecule has 0 aliphatic rings. The van der Waals surface area contributed by atoms with Crippen LogP contribution >= 0.6 is 0 Å². The van der Waals surface area contributed by atoms with Crippen LogP contribution in [-0.2, 0) is 12.8 Å². The van der Waals surface area contributed by atoms with E-state index in [1.165, 1.54) is 5.56 Å². The molecule has 0 spiro atoms. The number of amides is 2. The number of anilines is 2. The van der Waals surface area contributed by atoms with Crippen molar-refractivity contribution in [2.75, 3.05) is 10.6 Å². The maximum Gasteiger partial charge on any atom is 0.323 e. The summed E-state index contributed by atoms with van der Waals surface area (Å²) in [5.74, 6) is 0.487. The fourth-order valence-electron chi connectivity index (χ4n) is 2.63. The number of carbonyl (C=O) groups is 1. The molecule has 0 saturated heterocycles. The maximum atomic E-state index is 12.3. The molecule has 0 aromatic heterocycles. The van der Waals surface area contributed by atoms with Crippen molar-refractivity contribution in [3.05, 3.63) is 59.2 Å². The van der Waals surface area contributed by atoms with Gasteiger partial charge in [-0.3, -0.25) is 0 Å². The van der Waals surface area contributed by atoms with Gasteiger partial charge in [-0.05, 0) is 47.6 Å². The second kappa shape index (κ2) is 7.82. The topological polar surface area (TPSA) is 41.1 Å². The van der Waals surface area contributed by atoms with E-state index in [-0.39, 0.29) is 6.03 Å². The van der Waals surface area contributed by atoms with Gasteiger partial charge >= 0.3 is 6.03 Å². The Labute approximate surface area is 139 Å². The van der Waals surface area contributed by atoms with Gasteiger partial charge in [-0.15, -0.1) is 0 Å². The smallest absolute Gasteiger partial charge is 0.308 e. The van der Waals surface area contributed by atoms with E-state index in [1.54, 1.807) is 0 Å². The fourth-order valence-corrected chi connectivity index (χ4v) is 2.63. The first-order chi connectivity index (χ1) is 11.0. The average molecular weight is 310 g/mol. The Bertz CT molecular complexity index is 638. The Hall–Kier alpha value is -2.29. The summed E-state index contributed by atoms with van der Waals surface area (Å²) in [6.45, 7) is 8.51. The third kappa shape index (κ3) is 4.35. The number of hydrogen-bond acceptors (Lipinski definition) is 1. The van der Waals surface area contributed by atoms with E-state index in [0.717, 1.165) is 35.3 Å². The summed E-state index contributed by atoms with van der Waals surface area (Å²) in [7, 11) is 0. The van der Waals surface area contributed by atoms with Crippen LogP contribution < -0.4 is 10.6 Å². The highest BCUT2D eigenvalue weighted by atomic mass is 16.2. The van der Waals surface area contributed by atoms with Crippen LogP contribution in [0.4, 0.5) is 16.2 Å². The lowest BCUT2D eigenvalue weighted by Gasteiger charge is -2.15. The van der Waals surface area contributed by atoms with E-state index in [2.05, 4.69) is 62.6 Å². The average Bonchev–Trinajstić information content (AvgIpc) is 2.55. The highest BCUT2D eigenvalue weighted by Crippen LogP contribution is 2.23. The first-order valence-corrected chi connectivity index (χ1v) is 8.33. The van der Waals surface area contributed by atoms with Gasteiger partial charge in [0.25, 0.3) is 0 Å². The summed E-state index contributed by atoms with van der Waals surface area (Å²) in [6, 6.07) is 14.0. The summed E-state index contributed by atoms with van der Waals surface area (Å²) < 4.78 is 0. The van der Waals surface area contributed by atoms with E-state index >= 15 is 0 Å². The van der Waals surface area contributed by atoms with E-state index in [1.807, 2.05) is 18.2 Å². The first kappa shape index (κ1) is 17.1. The Morgan fingerprint density at radius 3 is 1.96 bits per heavy atom. The van der Waals surface area contributed by atoms with E-state index in [0.29, 0.717) is 5.92 Å². The molecular weight excluding hydrogens is 284 g/mol. The Morgan fingerprint density at radius 2 is 1.48 bits per heavy atom. The highest BCUT2D eigenvalue weighted by molar-refractivity contribution is 6.00. The quantitative estimate of drug-likeness (QED) is 0.743. The van der Waals surface area contributed by atoms with Crippen molar-refractivity contribution in [2.24, 2.45) is 0 Å². The minimum absolute atomic E-state index is 0.196. The van der Waals surface area contributed by atoms with Crippen molar-refractivity contribution in [2.45, 2.75) is 46.5 Å². The minimum atomic E-state index is -0.196. The van der Waals surface area contributed by atoms with Gasteiger partial charge in [-0.25, -0.2) is 4.79 Å². The van der Waals surface area contributed by atoms with Crippen LogP contribution in [0.15, 0.2) is 42.5 Å². The summed E-state index contributed by atoms with van der Waals surface area (Å²) in [5, 5.41) is 5.93. The molecule has 0 aliphatic carbocycles. The molecular formula is C20H26N2O. The van der Waals surface area contributed by atoms with Crippen molar-refractivity contribution in [1.82, 2.24) is 0 Å². The number of nitrogens with one attached hydrogen (secondary N) is 2. The molecule has 0 radical (unpaired) electrons. The Kier molecular flexibility index (Phi) is 5.80. The van der Waals surface area contributed by atoms with Crippen molar-refractivity contribution >= 4 is 17.4 Å². The molecule has 2 aromatic rings. The molecule has 2 rings (SSSR count). The molecule has 0 aliphatic heterocycles. The van der Waals surface area contributed by atoms with Crippen LogP contribution in [-0.4, -0.2) is 6.03 Å². The van der Waals surface area contributed by atoms with E-state index < -0.39 is 0 Å². The minimum Gasteiger partial charge on any atom is -0.308 e. The predicted octanol–water partition coefficient (Wildman–Crippen LogP) is 5.58. The van der Waals surface area contributed by atoms with Crippen molar-refractivity contribution in [1.29, 1.82) is 0 Å². The number of carbonyl (C=O) groups excluding carboxylic acids is 1. The largest absolute Gasteiger partial charge is 0.323 e. The molecule has 0 fully saturated rings. The standard InChI is InChI=1S/C20H26N2O/c1-5-15-8-7-9-16(6-2)19(15)22-20(23)21-18-12-10-17(11-13-18)14(3)4/h7-14H,5-6H2,1-4H3,(H2,21,22,23). The molecule has 0 bridgehead atoms.